The maximum Gasteiger partial charge on any atom is 0.170 e. The first-order valence-corrected chi connectivity index (χ1v) is 13.1. The Balaban J connectivity index is 1.87. The van der Waals surface area contributed by atoms with Crippen molar-refractivity contribution < 1.29 is 75.5 Å². The van der Waals surface area contributed by atoms with E-state index in [0.29, 0.717) is 5.56 Å². The topological polar surface area (TPSA) is 278 Å². The van der Waals surface area contributed by atoms with Gasteiger partial charge in [-0.2, -0.15) is 0 Å². The molecule has 2 heterocycles. The highest BCUT2D eigenvalue weighted by atomic mass is 16.6. The SMILES string of the molecule is O=C(CCc1ccc(O)cc1)c1c(O)c([C@@H]2OC(CO)[C@@H](O)[C@H](O)C2O)c(O)c([C@@H]2OC(CO)[C@@H](O)[C@H](O)C2O)c1O. The van der Waals surface area contributed by atoms with Crippen LogP contribution in [0.3, 0.4) is 0 Å². The number of ether oxygens (including phenoxy) is 2. The van der Waals surface area contributed by atoms with Crippen LogP contribution >= 0.6 is 0 Å². The fraction of sp³-hybridized carbons (Fsp3) is 0.519. The largest absolute Gasteiger partial charge is 0.508 e. The number of aromatic hydroxyl groups is 4. The molecule has 12 N–H and O–H groups in total. The van der Waals surface area contributed by atoms with E-state index >= 15 is 0 Å². The number of aliphatic hydroxyl groups excluding tert-OH is 8. The van der Waals surface area contributed by atoms with E-state index in [1.54, 1.807) is 0 Å². The summed E-state index contributed by atoms with van der Waals surface area (Å²) in [4.78, 5) is 13.4. The van der Waals surface area contributed by atoms with Crippen molar-refractivity contribution in [2.75, 3.05) is 13.2 Å². The van der Waals surface area contributed by atoms with Gasteiger partial charge in [-0.15, -0.1) is 0 Å². The quantitative estimate of drug-likeness (QED) is 0.138. The standard InChI is InChI=1S/C27H34O15/c28-7-12-17(32)22(37)24(39)26(41-12)15-19(34)14(11(31)6-3-9-1-4-10(30)5-2-9)20(35)16(21(15)36)27-25(40)23(38)18(33)13(8-29)42-27/h1-2,4-5,12-13,17-18,22-30,32-40H,3,6-8H2/t12?,13?,17-,18-,22+,23+,24?,25?,26+,27+/m1/s1. The number of carbonyl (C=O) groups is 1. The van der Waals surface area contributed by atoms with Gasteiger partial charge in [0.1, 0.15) is 89.6 Å². The van der Waals surface area contributed by atoms with E-state index < -0.39 is 114 Å². The second-order valence-corrected chi connectivity index (χ2v) is 10.3. The Morgan fingerprint density at radius 3 is 1.45 bits per heavy atom. The summed E-state index contributed by atoms with van der Waals surface area (Å²) in [7, 11) is 0. The number of ketones is 1. The normalized spacial score (nSPS) is 33.4. The molecule has 15 nitrogen and oxygen atoms in total. The van der Waals surface area contributed by atoms with Gasteiger partial charge in [0, 0.05) is 6.42 Å². The molecule has 0 radical (unpaired) electrons. The van der Waals surface area contributed by atoms with E-state index in [4.69, 9.17) is 9.47 Å². The maximum atomic E-state index is 13.4. The van der Waals surface area contributed by atoms with Crippen molar-refractivity contribution in [3.8, 4) is 23.0 Å². The third-order valence-corrected chi connectivity index (χ3v) is 7.70. The molecule has 0 aliphatic carbocycles. The molecule has 2 aromatic rings. The Labute approximate surface area is 238 Å². The molecule has 2 aromatic carbocycles. The minimum Gasteiger partial charge on any atom is -0.508 e. The van der Waals surface area contributed by atoms with Crippen molar-refractivity contribution in [1.29, 1.82) is 0 Å². The van der Waals surface area contributed by atoms with Crippen molar-refractivity contribution in [2.24, 2.45) is 0 Å². The number of carbonyl (C=O) groups excluding carboxylic acids is 1. The molecule has 232 valence electrons. The van der Waals surface area contributed by atoms with Gasteiger partial charge in [0.2, 0.25) is 0 Å². The minimum atomic E-state index is -2.06. The van der Waals surface area contributed by atoms with Crippen LogP contribution in [-0.2, 0) is 15.9 Å². The van der Waals surface area contributed by atoms with Gasteiger partial charge in [0.05, 0.1) is 24.3 Å². The molecular weight excluding hydrogens is 564 g/mol. The second-order valence-electron chi connectivity index (χ2n) is 10.3. The smallest absolute Gasteiger partial charge is 0.170 e. The summed E-state index contributed by atoms with van der Waals surface area (Å²) in [6, 6.07) is 5.81. The van der Waals surface area contributed by atoms with Crippen molar-refractivity contribution in [3.63, 3.8) is 0 Å². The molecular formula is C27H34O15. The van der Waals surface area contributed by atoms with Crippen molar-refractivity contribution in [1.82, 2.24) is 0 Å². The fourth-order valence-electron chi connectivity index (χ4n) is 5.28. The third-order valence-electron chi connectivity index (χ3n) is 7.70. The predicted molar refractivity (Wildman–Crippen MR) is 138 cm³/mol. The molecule has 15 heteroatoms. The van der Waals surface area contributed by atoms with Crippen LogP contribution in [0, 0.1) is 0 Å². The maximum absolute atomic E-state index is 13.4. The Hall–Kier alpha value is -3.09. The zero-order valence-corrected chi connectivity index (χ0v) is 22.0. The van der Waals surface area contributed by atoms with Crippen LogP contribution in [0.2, 0.25) is 0 Å². The zero-order chi connectivity index (χ0) is 31.0. The van der Waals surface area contributed by atoms with Crippen LogP contribution in [0.5, 0.6) is 23.0 Å². The number of aryl methyl sites for hydroxylation is 1. The van der Waals surface area contributed by atoms with Crippen molar-refractivity contribution >= 4 is 5.78 Å². The third kappa shape index (κ3) is 5.63. The fourth-order valence-corrected chi connectivity index (χ4v) is 5.28. The van der Waals surface area contributed by atoms with Gasteiger partial charge < -0.3 is 70.8 Å². The zero-order valence-electron chi connectivity index (χ0n) is 22.0. The van der Waals surface area contributed by atoms with E-state index in [0.717, 1.165) is 0 Å². The summed E-state index contributed by atoms with van der Waals surface area (Å²) < 4.78 is 10.9. The number of hydrogen-bond donors (Lipinski definition) is 12. The van der Waals surface area contributed by atoms with Gasteiger partial charge in [-0.25, -0.2) is 0 Å². The number of phenols is 4. The van der Waals surface area contributed by atoms with Gasteiger partial charge in [0.15, 0.2) is 5.78 Å². The van der Waals surface area contributed by atoms with Crippen LogP contribution in [0.4, 0.5) is 0 Å². The lowest BCUT2D eigenvalue weighted by atomic mass is 9.83. The van der Waals surface area contributed by atoms with Gasteiger partial charge in [-0.3, -0.25) is 4.79 Å². The van der Waals surface area contributed by atoms with E-state index in [-0.39, 0.29) is 18.6 Å². The van der Waals surface area contributed by atoms with Crippen LogP contribution in [-0.4, -0.2) is 129 Å². The number of phenolic OH excluding ortho intramolecular Hbond substituents is 4. The minimum absolute atomic E-state index is 0.0211. The van der Waals surface area contributed by atoms with Crippen molar-refractivity contribution in [2.45, 2.75) is 73.9 Å². The average molecular weight is 599 g/mol. The number of rotatable bonds is 8. The summed E-state index contributed by atoms with van der Waals surface area (Å²) in [5.41, 5.74) is -1.82. The summed E-state index contributed by atoms with van der Waals surface area (Å²) in [6.07, 6.45) is -18.9. The number of Topliss-reactive ketones (excluding diaryl/α,β-unsaturated/α-hetero) is 1. The molecule has 42 heavy (non-hydrogen) atoms. The Kier molecular flexibility index (Phi) is 9.58. The molecule has 2 saturated heterocycles. The highest BCUT2D eigenvalue weighted by Crippen LogP contribution is 2.53. The van der Waals surface area contributed by atoms with Crippen LogP contribution in [0.15, 0.2) is 24.3 Å². The molecule has 0 saturated carbocycles. The molecule has 2 aliphatic rings. The molecule has 4 unspecified atom stereocenters. The Morgan fingerprint density at radius 1 is 0.619 bits per heavy atom. The highest BCUT2D eigenvalue weighted by Gasteiger charge is 2.50. The Morgan fingerprint density at radius 2 is 1.05 bits per heavy atom. The molecule has 10 atom stereocenters. The van der Waals surface area contributed by atoms with E-state index in [1.807, 2.05) is 0 Å². The molecule has 2 aliphatic heterocycles. The number of aliphatic hydroxyl groups is 8. The van der Waals surface area contributed by atoms with Gasteiger partial charge in [-0.05, 0) is 24.1 Å². The summed E-state index contributed by atoms with van der Waals surface area (Å²) in [5, 5.41) is 125. The molecule has 0 bridgehead atoms. The molecule has 0 amide bonds. The summed E-state index contributed by atoms with van der Waals surface area (Å²) >= 11 is 0. The first-order valence-electron chi connectivity index (χ1n) is 13.1. The second kappa shape index (κ2) is 12.6. The first-order chi connectivity index (χ1) is 19.8. The average Bonchev–Trinajstić information content (AvgIpc) is 2.96. The van der Waals surface area contributed by atoms with Gasteiger partial charge in [0.25, 0.3) is 0 Å². The number of benzene rings is 2. The lowest BCUT2D eigenvalue weighted by molar-refractivity contribution is -0.234. The van der Waals surface area contributed by atoms with Gasteiger partial charge >= 0.3 is 0 Å². The summed E-state index contributed by atoms with van der Waals surface area (Å²) in [5.74, 6) is -4.26. The van der Waals surface area contributed by atoms with Crippen LogP contribution in [0.25, 0.3) is 0 Å². The summed E-state index contributed by atoms with van der Waals surface area (Å²) in [6.45, 7) is -1.75. The monoisotopic (exact) mass is 598 g/mol. The lowest BCUT2D eigenvalue weighted by Gasteiger charge is -2.42. The predicted octanol–water partition coefficient (Wildman–Crippen LogP) is -2.65. The van der Waals surface area contributed by atoms with Crippen LogP contribution < -0.4 is 0 Å². The number of hydrogen-bond acceptors (Lipinski definition) is 15. The lowest BCUT2D eigenvalue weighted by Crippen LogP contribution is -2.55. The van der Waals surface area contributed by atoms with E-state index in [9.17, 15) is 66.1 Å². The first kappa shape index (κ1) is 31.8. The van der Waals surface area contributed by atoms with Gasteiger partial charge in [-0.1, -0.05) is 12.1 Å². The molecule has 4 rings (SSSR count). The highest BCUT2D eigenvalue weighted by molar-refractivity contribution is 6.02. The van der Waals surface area contributed by atoms with E-state index in [2.05, 4.69) is 0 Å². The molecule has 2 fully saturated rings. The molecule has 0 spiro atoms. The van der Waals surface area contributed by atoms with E-state index in [1.165, 1.54) is 24.3 Å². The van der Waals surface area contributed by atoms with Crippen molar-refractivity contribution in [3.05, 3.63) is 46.5 Å². The molecule has 0 aromatic heterocycles. The Bertz CT molecular complexity index is 1200. The van der Waals surface area contributed by atoms with Crippen LogP contribution in [0.1, 0.15) is 45.7 Å².